The molecule has 1 amide bonds. The van der Waals surface area contributed by atoms with Gasteiger partial charge < -0.3 is 14.7 Å². The van der Waals surface area contributed by atoms with Gasteiger partial charge in [-0.25, -0.2) is 0 Å². The van der Waals surface area contributed by atoms with Gasteiger partial charge >= 0.3 is 0 Å². The minimum Gasteiger partial charge on any atom is -0.396 e. The number of hydrogen-bond acceptors (Lipinski definition) is 4. The summed E-state index contributed by atoms with van der Waals surface area (Å²) in [6.07, 6.45) is 2.88. The number of carbonyl (C=O) groups excluding carboxylic acids is 1. The Hall–Kier alpha value is -0.910. The molecule has 0 radical (unpaired) electrons. The molecule has 2 saturated heterocycles. The molecule has 1 aromatic heterocycles. The van der Waals surface area contributed by atoms with Crippen molar-refractivity contribution in [1.29, 1.82) is 0 Å². The van der Waals surface area contributed by atoms with Crippen molar-refractivity contribution in [2.45, 2.75) is 38.2 Å². The second kappa shape index (κ2) is 7.11. The molecule has 3 heterocycles. The van der Waals surface area contributed by atoms with Crippen molar-refractivity contribution in [3.8, 4) is 0 Å². The van der Waals surface area contributed by atoms with Gasteiger partial charge in [-0.2, -0.15) is 11.3 Å². The Morgan fingerprint density at radius 1 is 1.50 bits per heavy atom. The van der Waals surface area contributed by atoms with Gasteiger partial charge in [0.15, 0.2) is 0 Å². The minimum atomic E-state index is 0.0965. The van der Waals surface area contributed by atoms with E-state index in [0.29, 0.717) is 13.2 Å². The zero-order valence-electron chi connectivity index (χ0n) is 13.1. The average Bonchev–Trinajstić information content (AvgIpc) is 3.22. The summed E-state index contributed by atoms with van der Waals surface area (Å²) in [6.45, 7) is 4.39. The van der Waals surface area contributed by atoms with Gasteiger partial charge in [0.05, 0.1) is 6.10 Å². The Balaban J connectivity index is 1.66. The normalized spacial score (nSPS) is 32.4. The summed E-state index contributed by atoms with van der Waals surface area (Å²) in [7, 11) is 0. The number of aliphatic hydroxyl groups is 1. The summed E-state index contributed by atoms with van der Waals surface area (Å²) >= 11 is 1.68. The van der Waals surface area contributed by atoms with Crippen LogP contribution >= 0.6 is 11.3 Å². The molecule has 122 valence electrons. The van der Waals surface area contributed by atoms with Crippen molar-refractivity contribution in [1.82, 2.24) is 4.90 Å². The maximum absolute atomic E-state index is 12.8. The fourth-order valence-electron chi connectivity index (χ4n) is 3.75. The van der Waals surface area contributed by atoms with E-state index in [9.17, 15) is 9.90 Å². The lowest BCUT2D eigenvalue weighted by Gasteiger charge is -2.31. The van der Waals surface area contributed by atoms with E-state index in [1.807, 2.05) is 4.90 Å². The number of ether oxygens (including phenoxy) is 1. The monoisotopic (exact) mass is 323 g/mol. The molecule has 2 fully saturated rings. The third-order valence-corrected chi connectivity index (χ3v) is 5.83. The third-order valence-electron chi connectivity index (χ3n) is 5.13. The first kappa shape index (κ1) is 16.0. The van der Waals surface area contributed by atoms with Crippen molar-refractivity contribution < 1.29 is 14.6 Å². The Labute approximate surface area is 136 Å². The highest BCUT2D eigenvalue weighted by Gasteiger charge is 2.39. The van der Waals surface area contributed by atoms with E-state index in [2.05, 4.69) is 23.8 Å². The summed E-state index contributed by atoms with van der Waals surface area (Å²) in [5.41, 5.74) is 1.26. The Bertz CT molecular complexity index is 490. The Morgan fingerprint density at radius 2 is 2.36 bits per heavy atom. The van der Waals surface area contributed by atoms with Crippen molar-refractivity contribution >= 4 is 17.2 Å². The first-order chi connectivity index (χ1) is 10.7. The van der Waals surface area contributed by atoms with E-state index in [-0.39, 0.29) is 36.4 Å². The number of nitrogens with zero attached hydrogens (tertiary/aromatic N) is 1. The van der Waals surface area contributed by atoms with Gasteiger partial charge in [-0.3, -0.25) is 4.79 Å². The molecule has 1 aromatic rings. The summed E-state index contributed by atoms with van der Waals surface area (Å²) in [6, 6.07) is 2.12. The SMILES string of the molecule is CCC1CC(C(=O)N2C[C@@H](CO)[C@H](c3ccsc3)C2)CCO1. The van der Waals surface area contributed by atoms with Gasteiger partial charge in [0, 0.05) is 44.1 Å². The van der Waals surface area contributed by atoms with E-state index in [1.165, 1.54) is 5.56 Å². The molecule has 2 aliphatic heterocycles. The fourth-order valence-corrected chi connectivity index (χ4v) is 4.47. The molecule has 4 atom stereocenters. The number of likely N-dealkylation sites (tertiary alicyclic amines) is 1. The maximum Gasteiger partial charge on any atom is 0.225 e. The topological polar surface area (TPSA) is 49.8 Å². The molecule has 2 aliphatic rings. The van der Waals surface area contributed by atoms with Crippen LogP contribution in [-0.2, 0) is 9.53 Å². The van der Waals surface area contributed by atoms with E-state index < -0.39 is 0 Å². The lowest BCUT2D eigenvalue weighted by atomic mass is 9.91. The Kier molecular flexibility index (Phi) is 5.16. The van der Waals surface area contributed by atoms with Crippen LogP contribution in [0.15, 0.2) is 16.8 Å². The van der Waals surface area contributed by atoms with Crippen LogP contribution in [0, 0.1) is 11.8 Å². The smallest absolute Gasteiger partial charge is 0.225 e. The van der Waals surface area contributed by atoms with Crippen LogP contribution in [0.25, 0.3) is 0 Å². The van der Waals surface area contributed by atoms with E-state index in [1.54, 1.807) is 11.3 Å². The lowest BCUT2D eigenvalue weighted by Crippen LogP contribution is -2.39. The van der Waals surface area contributed by atoms with E-state index in [0.717, 1.165) is 25.8 Å². The molecule has 0 aliphatic carbocycles. The second-order valence-corrected chi connectivity index (χ2v) is 7.25. The van der Waals surface area contributed by atoms with Crippen molar-refractivity contribution in [3.05, 3.63) is 22.4 Å². The zero-order chi connectivity index (χ0) is 15.5. The van der Waals surface area contributed by atoms with Crippen LogP contribution in [0.5, 0.6) is 0 Å². The van der Waals surface area contributed by atoms with Crippen LogP contribution in [-0.4, -0.2) is 48.3 Å². The van der Waals surface area contributed by atoms with Gasteiger partial charge in [0.1, 0.15) is 0 Å². The van der Waals surface area contributed by atoms with Crippen LogP contribution in [0.4, 0.5) is 0 Å². The van der Waals surface area contributed by atoms with Gasteiger partial charge in [-0.1, -0.05) is 6.92 Å². The quantitative estimate of drug-likeness (QED) is 0.926. The summed E-state index contributed by atoms with van der Waals surface area (Å²) < 4.78 is 5.68. The molecule has 1 N–H and O–H groups in total. The average molecular weight is 323 g/mol. The molecule has 5 heteroatoms. The predicted molar refractivity (Wildman–Crippen MR) is 87.0 cm³/mol. The van der Waals surface area contributed by atoms with E-state index in [4.69, 9.17) is 4.74 Å². The van der Waals surface area contributed by atoms with Gasteiger partial charge in [0.25, 0.3) is 0 Å². The zero-order valence-corrected chi connectivity index (χ0v) is 13.9. The number of thiophene rings is 1. The molecule has 4 nitrogen and oxygen atoms in total. The lowest BCUT2D eigenvalue weighted by molar-refractivity contribution is -0.139. The molecule has 0 bridgehead atoms. The standard InChI is InChI=1S/C17H25NO3S/c1-2-15-7-12(3-5-21-15)17(20)18-8-14(10-19)16(9-18)13-4-6-22-11-13/h4,6,11-12,14-16,19H,2-3,5,7-10H2,1H3/t12?,14-,15?,16-/m0/s1. The fraction of sp³-hybridized carbons (Fsp3) is 0.706. The largest absolute Gasteiger partial charge is 0.396 e. The number of rotatable bonds is 4. The predicted octanol–water partition coefficient (Wildman–Crippen LogP) is 2.49. The first-order valence-electron chi connectivity index (χ1n) is 8.26. The number of carbonyl (C=O) groups is 1. The number of hydrogen-bond donors (Lipinski definition) is 1. The van der Waals surface area contributed by atoms with Crippen LogP contribution < -0.4 is 0 Å². The first-order valence-corrected chi connectivity index (χ1v) is 9.20. The molecular weight excluding hydrogens is 298 g/mol. The summed E-state index contributed by atoms with van der Waals surface area (Å²) in [5.74, 6) is 0.805. The summed E-state index contributed by atoms with van der Waals surface area (Å²) in [4.78, 5) is 14.8. The molecule has 0 spiro atoms. The van der Waals surface area contributed by atoms with Crippen LogP contribution in [0.3, 0.4) is 0 Å². The molecule has 2 unspecified atom stereocenters. The molecule has 0 aromatic carbocycles. The number of aliphatic hydroxyl groups excluding tert-OH is 1. The van der Waals surface area contributed by atoms with Crippen molar-refractivity contribution in [3.63, 3.8) is 0 Å². The molecule has 22 heavy (non-hydrogen) atoms. The van der Waals surface area contributed by atoms with E-state index >= 15 is 0 Å². The maximum atomic E-state index is 12.8. The minimum absolute atomic E-state index is 0.0965. The van der Waals surface area contributed by atoms with Gasteiger partial charge in [-0.15, -0.1) is 0 Å². The molecular formula is C17H25NO3S. The van der Waals surface area contributed by atoms with Crippen molar-refractivity contribution in [2.24, 2.45) is 11.8 Å². The Morgan fingerprint density at radius 3 is 3.05 bits per heavy atom. The van der Waals surface area contributed by atoms with Gasteiger partial charge in [-0.05, 0) is 41.7 Å². The second-order valence-electron chi connectivity index (χ2n) is 6.47. The highest BCUT2D eigenvalue weighted by molar-refractivity contribution is 7.08. The highest BCUT2D eigenvalue weighted by atomic mass is 32.1. The molecule has 3 rings (SSSR count). The van der Waals surface area contributed by atoms with Gasteiger partial charge in [0.2, 0.25) is 5.91 Å². The summed E-state index contributed by atoms with van der Waals surface area (Å²) in [5, 5.41) is 13.9. The van der Waals surface area contributed by atoms with Crippen LogP contribution in [0.2, 0.25) is 0 Å². The van der Waals surface area contributed by atoms with Crippen molar-refractivity contribution in [2.75, 3.05) is 26.3 Å². The third kappa shape index (κ3) is 3.21. The number of amides is 1. The van der Waals surface area contributed by atoms with Crippen LogP contribution in [0.1, 0.15) is 37.7 Å². The molecule has 0 saturated carbocycles. The highest BCUT2D eigenvalue weighted by Crippen LogP contribution is 2.35.